The van der Waals surface area contributed by atoms with Crippen molar-refractivity contribution in [2.75, 3.05) is 12.4 Å². The van der Waals surface area contributed by atoms with Crippen molar-refractivity contribution in [3.05, 3.63) is 50.7 Å². The Balaban J connectivity index is 2.47. The summed E-state index contributed by atoms with van der Waals surface area (Å²) in [6.45, 7) is 0.916. The Kier molecular flexibility index (Phi) is 4.51. The summed E-state index contributed by atoms with van der Waals surface area (Å²) in [6.07, 6.45) is -11.9. The molecule has 2 aromatic rings. The number of amidine groups is 1. The molecule has 0 bridgehead atoms. The zero-order valence-corrected chi connectivity index (χ0v) is 14.7. The standard InChI is InChI=1S/C16H12F6N4O3/c1-7-23-11-10(14(25-7,15(17,18)19)16(20,21)22)12(27)24-13(28)26(11)8-3-5-9(29-2)6-4-8/h3-6H,1-2H3,(H,23,25)(H,24,27,28)/p+1. The molecule has 0 radical (unpaired) electrons. The van der Waals surface area contributed by atoms with Gasteiger partial charge in [-0.2, -0.15) is 26.3 Å². The molecule has 156 valence electrons. The number of hydrogen-bond acceptors (Lipinski definition) is 4. The number of fused-ring (bicyclic) bond motifs is 1. The summed E-state index contributed by atoms with van der Waals surface area (Å²) in [5, 5.41) is 2.25. The predicted molar refractivity (Wildman–Crippen MR) is 88.3 cm³/mol. The summed E-state index contributed by atoms with van der Waals surface area (Å²) in [4.78, 5) is 27.4. The first-order valence-corrected chi connectivity index (χ1v) is 7.90. The number of alkyl halides is 6. The normalized spacial score (nSPS) is 15.9. The number of hydrogen-bond donors (Lipinski definition) is 3. The van der Waals surface area contributed by atoms with Crippen molar-refractivity contribution in [3.8, 4) is 11.4 Å². The van der Waals surface area contributed by atoms with Crippen molar-refractivity contribution >= 4 is 11.7 Å². The highest BCUT2D eigenvalue weighted by Gasteiger charge is 2.78. The average molecular weight is 423 g/mol. The molecule has 0 saturated heterocycles. The molecule has 3 rings (SSSR count). The molecule has 0 unspecified atom stereocenters. The summed E-state index contributed by atoms with van der Waals surface area (Å²) in [5.74, 6) is -1.27. The number of nitrogens with zero attached hydrogens (tertiary/aromatic N) is 1. The number of H-pyrrole nitrogens is 1. The number of aromatic nitrogens is 2. The summed E-state index contributed by atoms with van der Waals surface area (Å²) < 4.78 is 88.1. The fourth-order valence-electron chi connectivity index (χ4n) is 3.12. The molecule has 7 nitrogen and oxygen atoms in total. The maximum Gasteiger partial charge on any atom is 0.446 e. The van der Waals surface area contributed by atoms with Crippen LogP contribution >= 0.6 is 0 Å². The van der Waals surface area contributed by atoms with Gasteiger partial charge in [-0.15, -0.1) is 0 Å². The molecule has 0 amide bonds. The highest BCUT2D eigenvalue weighted by Crippen LogP contribution is 2.48. The van der Waals surface area contributed by atoms with Gasteiger partial charge >= 0.3 is 23.6 Å². The van der Waals surface area contributed by atoms with Gasteiger partial charge in [-0.25, -0.2) is 14.7 Å². The predicted octanol–water partition coefficient (Wildman–Crippen LogP) is 0.779. The molecule has 29 heavy (non-hydrogen) atoms. The van der Waals surface area contributed by atoms with Gasteiger partial charge in [0, 0.05) is 6.92 Å². The Hall–Kier alpha value is -3.25. The highest BCUT2D eigenvalue weighted by atomic mass is 19.4. The number of halogens is 6. The van der Waals surface area contributed by atoms with Gasteiger partial charge in [0.2, 0.25) is 11.7 Å². The third-order valence-electron chi connectivity index (χ3n) is 4.35. The monoisotopic (exact) mass is 423 g/mol. The van der Waals surface area contributed by atoms with Crippen molar-refractivity contribution in [1.82, 2.24) is 9.55 Å². The van der Waals surface area contributed by atoms with Crippen LogP contribution in [0.1, 0.15) is 12.5 Å². The van der Waals surface area contributed by atoms with Crippen molar-refractivity contribution in [2.45, 2.75) is 24.8 Å². The molecule has 0 spiro atoms. The van der Waals surface area contributed by atoms with Crippen LogP contribution in [0.4, 0.5) is 32.2 Å². The molecule has 0 fully saturated rings. The summed E-state index contributed by atoms with van der Waals surface area (Å²) in [5.41, 5.74) is -9.58. The van der Waals surface area contributed by atoms with E-state index in [1.807, 2.05) is 0 Å². The van der Waals surface area contributed by atoms with Crippen LogP contribution in [0.15, 0.2) is 33.9 Å². The van der Waals surface area contributed by atoms with Gasteiger partial charge in [0.15, 0.2) is 0 Å². The van der Waals surface area contributed by atoms with E-state index in [0.29, 0.717) is 10.3 Å². The molecule has 0 aliphatic carbocycles. The van der Waals surface area contributed by atoms with Gasteiger partial charge in [-0.05, 0) is 24.3 Å². The first-order valence-electron chi connectivity index (χ1n) is 7.90. The fourth-order valence-corrected chi connectivity index (χ4v) is 3.12. The van der Waals surface area contributed by atoms with Crippen LogP contribution in [0.3, 0.4) is 0 Å². The number of ether oxygens (including phenoxy) is 1. The molecule has 1 aromatic heterocycles. The van der Waals surface area contributed by atoms with Crippen LogP contribution in [-0.4, -0.2) is 34.8 Å². The number of nitrogens with one attached hydrogen (secondary N) is 3. The Morgan fingerprint density at radius 2 is 1.59 bits per heavy atom. The number of benzene rings is 1. The van der Waals surface area contributed by atoms with Gasteiger partial charge in [0.05, 0.1) is 12.8 Å². The molecular formula is C16H13F6N4O3+. The third kappa shape index (κ3) is 2.96. The van der Waals surface area contributed by atoms with Crippen LogP contribution in [0.2, 0.25) is 0 Å². The minimum atomic E-state index is -5.96. The number of aromatic amines is 1. The van der Waals surface area contributed by atoms with Crippen LogP contribution in [0.5, 0.6) is 5.75 Å². The molecule has 1 aliphatic rings. The summed E-state index contributed by atoms with van der Waals surface area (Å²) >= 11 is 0. The van der Waals surface area contributed by atoms with Gasteiger partial charge < -0.3 is 4.74 Å². The minimum absolute atomic E-state index is 0.0938. The van der Waals surface area contributed by atoms with Crippen molar-refractivity contribution in [1.29, 1.82) is 0 Å². The zero-order valence-electron chi connectivity index (χ0n) is 14.7. The SMILES string of the molecule is COc1ccc(-n2c3c(c(=O)[nH]c2=O)C(C(F)(F)F)(C(F)(F)F)[NH+]=C(C)N3)cc1. The molecule has 3 N–H and O–H groups in total. The van der Waals surface area contributed by atoms with Crippen LogP contribution < -0.4 is 26.3 Å². The van der Waals surface area contributed by atoms with E-state index in [-0.39, 0.29) is 5.69 Å². The molecular weight excluding hydrogens is 410 g/mol. The number of anilines is 1. The molecule has 13 heteroatoms. The fraction of sp³-hybridized carbons (Fsp3) is 0.312. The molecule has 0 saturated carbocycles. The quantitative estimate of drug-likeness (QED) is 0.623. The topological polar surface area (TPSA) is 90.1 Å². The zero-order chi connectivity index (χ0) is 21.8. The third-order valence-corrected chi connectivity index (χ3v) is 4.35. The lowest BCUT2D eigenvalue weighted by molar-refractivity contribution is -0.659. The molecule has 1 aromatic carbocycles. The average Bonchev–Trinajstić information content (AvgIpc) is 2.59. The largest absolute Gasteiger partial charge is 0.497 e. The second-order valence-corrected chi connectivity index (χ2v) is 6.14. The van der Waals surface area contributed by atoms with Crippen molar-refractivity contribution < 1.29 is 36.1 Å². The Bertz CT molecular complexity index is 1080. The highest BCUT2D eigenvalue weighted by molar-refractivity contribution is 5.91. The van der Waals surface area contributed by atoms with Crippen molar-refractivity contribution in [3.63, 3.8) is 0 Å². The number of rotatable bonds is 2. The smallest absolute Gasteiger partial charge is 0.446 e. The maximum absolute atomic E-state index is 13.8. The second kappa shape index (κ2) is 6.39. The van der Waals surface area contributed by atoms with E-state index in [1.54, 1.807) is 0 Å². The van der Waals surface area contributed by atoms with Crippen molar-refractivity contribution in [2.24, 2.45) is 0 Å². The minimum Gasteiger partial charge on any atom is -0.497 e. The lowest BCUT2D eigenvalue weighted by atomic mass is 9.88. The summed E-state index contributed by atoms with van der Waals surface area (Å²) in [6, 6.07) is 5.16. The second-order valence-electron chi connectivity index (χ2n) is 6.14. The van der Waals surface area contributed by atoms with E-state index < -0.39 is 46.4 Å². The van der Waals surface area contributed by atoms with E-state index in [0.717, 1.165) is 6.92 Å². The van der Waals surface area contributed by atoms with E-state index >= 15 is 0 Å². The molecule has 0 atom stereocenters. The van der Waals surface area contributed by atoms with E-state index in [1.165, 1.54) is 41.4 Å². The molecule has 2 heterocycles. The Morgan fingerprint density at radius 3 is 2.07 bits per heavy atom. The lowest BCUT2D eigenvalue weighted by Gasteiger charge is -2.34. The van der Waals surface area contributed by atoms with Crippen LogP contribution in [0, 0.1) is 0 Å². The van der Waals surface area contributed by atoms with E-state index in [4.69, 9.17) is 4.74 Å². The van der Waals surface area contributed by atoms with Gasteiger partial charge in [-0.3, -0.25) is 14.8 Å². The first kappa shape index (κ1) is 20.5. The molecule has 1 aliphatic heterocycles. The Morgan fingerprint density at radius 1 is 1.03 bits per heavy atom. The lowest BCUT2D eigenvalue weighted by Crippen LogP contribution is -2.96. The first-order chi connectivity index (χ1) is 13.3. The van der Waals surface area contributed by atoms with Crippen LogP contribution in [0.25, 0.3) is 5.69 Å². The maximum atomic E-state index is 13.8. The van der Waals surface area contributed by atoms with Gasteiger partial charge in [0.1, 0.15) is 11.3 Å². The Labute approximate surface area is 157 Å². The van der Waals surface area contributed by atoms with E-state index in [9.17, 15) is 35.9 Å². The summed E-state index contributed by atoms with van der Waals surface area (Å²) in [7, 11) is 1.34. The number of methoxy groups -OCH3 is 1. The van der Waals surface area contributed by atoms with Crippen LogP contribution in [-0.2, 0) is 5.54 Å². The van der Waals surface area contributed by atoms with Gasteiger partial charge in [-0.1, -0.05) is 0 Å². The van der Waals surface area contributed by atoms with E-state index in [2.05, 4.69) is 5.32 Å². The van der Waals surface area contributed by atoms with Gasteiger partial charge in [0.25, 0.3) is 5.56 Å².